The zero-order valence-electron chi connectivity index (χ0n) is 24.9. The molecule has 12 heteroatoms. The molecule has 3 aromatic rings. The second-order valence-electron chi connectivity index (χ2n) is 12.2. The van der Waals surface area contributed by atoms with Crippen molar-refractivity contribution in [3.05, 3.63) is 95.1 Å². The van der Waals surface area contributed by atoms with Crippen LogP contribution >= 0.6 is 0 Å². The van der Waals surface area contributed by atoms with Gasteiger partial charge in [0.05, 0.1) is 53.3 Å². The topological polar surface area (TPSA) is 179 Å². The highest BCUT2D eigenvalue weighted by atomic mass is 16.5. The minimum atomic E-state index is -1.22. The molecule has 238 valence electrons. The van der Waals surface area contributed by atoms with E-state index in [2.05, 4.69) is 0 Å². The molecule has 0 bridgehead atoms. The zero-order chi connectivity index (χ0) is 33.3. The summed E-state index contributed by atoms with van der Waals surface area (Å²) in [5.74, 6) is -9.26. The van der Waals surface area contributed by atoms with E-state index in [0.29, 0.717) is 11.1 Å². The van der Waals surface area contributed by atoms with Gasteiger partial charge in [0.25, 0.3) is 0 Å². The van der Waals surface area contributed by atoms with E-state index in [4.69, 9.17) is 4.74 Å². The number of methoxy groups -OCH3 is 1. The van der Waals surface area contributed by atoms with E-state index in [-0.39, 0.29) is 46.8 Å². The number of carboxylic acids is 2. The predicted molar refractivity (Wildman–Crippen MR) is 164 cm³/mol. The number of carbonyl (C=O) groups is 6. The fraction of sp³-hybridized carbons (Fsp3) is 0.257. The van der Waals surface area contributed by atoms with E-state index in [1.165, 1.54) is 61.7 Å². The predicted octanol–water partition coefficient (Wildman–Crippen LogP) is 3.84. The number of carbonyl (C=O) groups excluding carboxylic acids is 4. The Kier molecular flexibility index (Phi) is 6.96. The molecule has 0 aromatic heterocycles. The third-order valence-electron chi connectivity index (χ3n) is 9.91. The first kappa shape index (κ1) is 29.9. The smallest absolute Gasteiger partial charge is 0.335 e. The molecule has 1 saturated carbocycles. The molecule has 3 fully saturated rings. The van der Waals surface area contributed by atoms with Gasteiger partial charge in [0.15, 0.2) is 11.5 Å². The second kappa shape index (κ2) is 10.9. The highest BCUT2D eigenvalue weighted by molar-refractivity contribution is 6.24. The number of hydrogen-bond donors (Lipinski definition) is 3. The van der Waals surface area contributed by atoms with Crippen molar-refractivity contribution in [2.75, 3.05) is 16.9 Å². The average Bonchev–Trinajstić information content (AvgIpc) is 3.47. The van der Waals surface area contributed by atoms with Crippen molar-refractivity contribution < 1.29 is 48.8 Å². The first-order valence-electron chi connectivity index (χ1n) is 15.0. The highest BCUT2D eigenvalue weighted by Gasteiger charge is 2.62. The Morgan fingerprint density at radius 2 is 1.30 bits per heavy atom. The summed E-state index contributed by atoms with van der Waals surface area (Å²) >= 11 is 0. The lowest BCUT2D eigenvalue weighted by atomic mass is 9.57. The molecular weight excluding hydrogens is 608 g/mol. The van der Waals surface area contributed by atoms with E-state index in [1.807, 2.05) is 6.08 Å². The van der Waals surface area contributed by atoms with Gasteiger partial charge in [-0.1, -0.05) is 29.8 Å². The number of phenolic OH excluding ortho intramolecular Hbond substituents is 1. The molecule has 0 spiro atoms. The summed E-state index contributed by atoms with van der Waals surface area (Å²) in [6, 6.07) is 15.8. The Morgan fingerprint density at radius 1 is 0.723 bits per heavy atom. The number of phenols is 1. The van der Waals surface area contributed by atoms with E-state index in [1.54, 1.807) is 12.1 Å². The van der Waals surface area contributed by atoms with Crippen LogP contribution in [0.2, 0.25) is 0 Å². The van der Waals surface area contributed by atoms with Gasteiger partial charge in [-0.05, 0) is 72.9 Å². The van der Waals surface area contributed by atoms with Crippen molar-refractivity contribution in [2.45, 2.75) is 18.8 Å². The summed E-state index contributed by atoms with van der Waals surface area (Å²) in [5, 5.41) is 29.4. The molecule has 47 heavy (non-hydrogen) atoms. The molecule has 2 saturated heterocycles. The van der Waals surface area contributed by atoms with Crippen LogP contribution in [0.3, 0.4) is 0 Å². The van der Waals surface area contributed by atoms with Gasteiger partial charge in [-0.3, -0.25) is 29.0 Å². The van der Waals surface area contributed by atoms with Gasteiger partial charge < -0.3 is 20.1 Å². The molecule has 2 aliphatic heterocycles. The number of imide groups is 2. The summed E-state index contributed by atoms with van der Waals surface area (Å²) in [4.78, 5) is 81.7. The van der Waals surface area contributed by atoms with Crippen LogP contribution in [-0.4, -0.2) is 58.0 Å². The molecule has 3 N–H and O–H groups in total. The fourth-order valence-corrected chi connectivity index (χ4v) is 7.92. The molecule has 4 amide bonds. The lowest BCUT2D eigenvalue weighted by Crippen LogP contribution is -2.43. The molecule has 3 aromatic carbocycles. The van der Waals surface area contributed by atoms with Gasteiger partial charge in [-0.25, -0.2) is 9.59 Å². The number of carboxylic acid groups (broad SMARTS) is 2. The van der Waals surface area contributed by atoms with Crippen molar-refractivity contribution >= 4 is 46.9 Å². The van der Waals surface area contributed by atoms with Crippen LogP contribution < -0.4 is 14.5 Å². The third kappa shape index (κ3) is 4.50. The lowest BCUT2D eigenvalue weighted by Gasteiger charge is -2.44. The van der Waals surface area contributed by atoms with E-state index in [9.17, 15) is 44.1 Å². The van der Waals surface area contributed by atoms with Crippen molar-refractivity contribution in [3.63, 3.8) is 0 Å². The van der Waals surface area contributed by atoms with Gasteiger partial charge in [-0.15, -0.1) is 0 Å². The highest BCUT2D eigenvalue weighted by Crippen LogP contribution is 2.59. The number of amides is 4. The monoisotopic (exact) mass is 636 g/mol. The molecule has 2 aliphatic carbocycles. The molecule has 7 rings (SSSR count). The van der Waals surface area contributed by atoms with E-state index in [0.717, 1.165) is 9.80 Å². The lowest BCUT2D eigenvalue weighted by molar-refractivity contribution is -0.126. The summed E-state index contributed by atoms with van der Waals surface area (Å²) in [7, 11) is 1.38. The standard InChI is InChI=1S/C35H28N2O10/c1-47-26-14-16(8-11-25(26)38)27-21-9-10-22-28(32(41)36(30(22)39)19-6-2-4-17(12-19)34(43)44)23(21)15-24-29(27)33(42)37(31(24)40)20-7-3-5-18(13-20)35(45)46/h2-9,11-14,22-24,27-29,38H,10,15H2,1H3,(H,43,44)(H,45,46)/t22-,23+,24+,27-,28-,29+/m0/s1. The Balaban J connectivity index is 1.34. The van der Waals surface area contributed by atoms with Crippen LogP contribution in [0.5, 0.6) is 11.5 Å². The van der Waals surface area contributed by atoms with Crippen molar-refractivity contribution in [3.8, 4) is 11.5 Å². The molecule has 12 nitrogen and oxygen atoms in total. The maximum absolute atomic E-state index is 14.3. The van der Waals surface area contributed by atoms with Crippen LogP contribution in [0.1, 0.15) is 45.0 Å². The Bertz CT molecular complexity index is 1950. The van der Waals surface area contributed by atoms with Crippen LogP contribution in [0, 0.1) is 29.6 Å². The fourth-order valence-electron chi connectivity index (χ4n) is 7.92. The maximum atomic E-state index is 14.3. The van der Waals surface area contributed by atoms with E-state index < -0.39 is 71.1 Å². The Hall–Kier alpha value is -5.78. The summed E-state index contributed by atoms with van der Waals surface area (Å²) in [6.07, 6.45) is 2.14. The number of nitrogens with zero attached hydrogens (tertiary/aromatic N) is 2. The largest absolute Gasteiger partial charge is 0.504 e. The van der Waals surface area contributed by atoms with Crippen LogP contribution in [0.15, 0.2) is 78.4 Å². The minimum Gasteiger partial charge on any atom is -0.504 e. The molecular formula is C35H28N2O10. The van der Waals surface area contributed by atoms with Crippen molar-refractivity contribution in [1.29, 1.82) is 0 Å². The minimum absolute atomic E-state index is 0.0826. The number of aromatic hydroxyl groups is 1. The molecule has 6 atom stereocenters. The SMILES string of the molecule is COc1cc([C@H]2C3=CC[C@@H]4C(=O)N(c5cccc(C(=O)O)c5)C(=O)[C@@H]4[C@@H]3C[C@H]3C(=O)N(c4cccc(C(=O)O)c4)C(=O)[C@@H]23)ccc1O. The number of fused-ring (bicyclic) bond motifs is 4. The zero-order valence-corrected chi connectivity index (χ0v) is 24.9. The molecule has 4 aliphatic rings. The maximum Gasteiger partial charge on any atom is 0.335 e. The van der Waals surface area contributed by atoms with Gasteiger partial charge in [0.1, 0.15) is 0 Å². The number of rotatable bonds is 6. The summed E-state index contributed by atoms with van der Waals surface area (Å²) < 4.78 is 5.35. The van der Waals surface area contributed by atoms with Crippen molar-refractivity contribution in [1.82, 2.24) is 0 Å². The van der Waals surface area contributed by atoms with Gasteiger partial charge in [0.2, 0.25) is 23.6 Å². The summed E-state index contributed by atoms with van der Waals surface area (Å²) in [6.45, 7) is 0. The molecule has 0 radical (unpaired) electrons. The Labute approximate surface area is 267 Å². The van der Waals surface area contributed by atoms with Crippen LogP contribution in [0.25, 0.3) is 0 Å². The van der Waals surface area contributed by atoms with Gasteiger partial charge >= 0.3 is 11.9 Å². The number of benzene rings is 3. The number of anilines is 2. The quantitative estimate of drug-likeness (QED) is 0.266. The normalized spacial score (nSPS) is 26.4. The van der Waals surface area contributed by atoms with Crippen molar-refractivity contribution in [2.24, 2.45) is 29.6 Å². The van der Waals surface area contributed by atoms with E-state index >= 15 is 0 Å². The first-order valence-corrected chi connectivity index (χ1v) is 15.0. The third-order valence-corrected chi connectivity index (χ3v) is 9.91. The second-order valence-corrected chi connectivity index (χ2v) is 12.2. The number of allylic oxidation sites excluding steroid dienone is 2. The summed E-state index contributed by atoms with van der Waals surface area (Å²) in [5.41, 5.74) is 1.35. The van der Waals surface area contributed by atoms with Gasteiger partial charge in [0, 0.05) is 5.92 Å². The van der Waals surface area contributed by atoms with Crippen LogP contribution in [0.4, 0.5) is 11.4 Å². The number of aromatic carboxylic acids is 2. The number of hydrogen-bond acceptors (Lipinski definition) is 8. The number of ether oxygens (including phenoxy) is 1. The van der Waals surface area contributed by atoms with Gasteiger partial charge in [-0.2, -0.15) is 0 Å². The average molecular weight is 637 g/mol. The Morgan fingerprint density at radius 3 is 1.87 bits per heavy atom. The first-order chi connectivity index (χ1) is 22.5. The van der Waals surface area contributed by atoms with Crippen LogP contribution in [-0.2, 0) is 19.2 Å². The molecule has 2 heterocycles. The molecule has 0 unspecified atom stereocenters.